The van der Waals surface area contributed by atoms with Crippen molar-refractivity contribution < 1.29 is 0 Å². The number of hydrogen-bond donors (Lipinski definition) is 1. The summed E-state index contributed by atoms with van der Waals surface area (Å²) in [6.45, 7) is 2.43. The van der Waals surface area contributed by atoms with Crippen molar-refractivity contribution >= 4 is 17.4 Å². The molecule has 90 valence electrons. The third kappa shape index (κ3) is 3.32. The smallest absolute Gasteiger partial charge is 0.144 e. The second-order valence-corrected chi connectivity index (χ2v) is 4.59. The standard InChI is InChI=1S/C12H15ClN4/c13-11-2-1-6-15-12(11)16-10-3-7-17(8-4-10)9-5-14/h1-2,6,10H,3-4,7-9H2,(H,15,16). The molecular weight excluding hydrogens is 236 g/mol. The quantitative estimate of drug-likeness (QED) is 0.835. The van der Waals surface area contributed by atoms with Crippen LogP contribution in [-0.2, 0) is 0 Å². The Morgan fingerprint density at radius 2 is 2.29 bits per heavy atom. The highest BCUT2D eigenvalue weighted by atomic mass is 35.5. The first-order chi connectivity index (χ1) is 8.29. The lowest BCUT2D eigenvalue weighted by Crippen LogP contribution is -2.39. The van der Waals surface area contributed by atoms with Crippen LogP contribution in [0.1, 0.15) is 12.8 Å². The Kier molecular flexibility index (Phi) is 4.18. The van der Waals surface area contributed by atoms with Gasteiger partial charge in [0, 0.05) is 25.3 Å². The Labute approximate surface area is 106 Å². The number of rotatable bonds is 3. The molecule has 0 atom stereocenters. The Morgan fingerprint density at radius 3 is 2.94 bits per heavy atom. The summed E-state index contributed by atoms with van der Waals surface area (Å²) >= 11 is 6.04. The fourth-order valence-electron chi connectivity index (χ4n) is 2.02. The first kappa shape index (κ1) is 12.2. The second kappa shape index (κ2) is 5.85. The number of nitrogens with zero attached hydrogens (tertiary/aromatic N) is 3. The number of halogens is 1. The molecule has 2 rings (SSSR count). The van der Waals surface area contributed by atoms with E-state index in [-0.39, 0.29) is 0 Å². The van der Waals surface area contributed by atoms with E-state index in [9.17, 15) is 0 Å². The third-order valence-corrected chi connectivity index (χ3v) is 3.29. The Bertz CT molecular complexity index is 407. The fraction of sp³-hybridized carbons (Fsp3) is 0.500. The van der Waals surface area contributed by atoms with E-state index in [4.69, 9.17) is 16.9 Å². The second-order valence-electron chi connectivity index (χ2n) is 4.19. The van der Waals surface area contributed by atoms with Crippen LogP contribution in [0.25, 0.3) is 0 Å². The van der Waals surface area contributed by atoms with Crippen molar-refractivity contribution in [3.8, 4) is 6.07 Å². The number of piperidine rings is 1. The summed E-state index contributed by atoms with van der Waals surface area (Å²) in [5.74, 6) is 0.757. The summed E-state index contributed by atoms with van der Waals surface area (Å²) < 4.78 is 0. The number of pyridine rings is 1. The normalized spacial score (nSPS) is 17.6. The van der Waals surface area contributed by atoms with Gasteiger partial charge in [-0.3, -0.25) is 4.90 Å². The summed E-state index contributed by atoms with van der Waals surface area (Å²) in [4.78, 5) is 6.38. The van der Waals surface area contributed by atoms with Gasteiger partial charge < -0.3 is 5.32 Å². The summed E-state index contributed by atoms with van der Waals surface area (Å²) in [7, 11) is 0. The zero-order valence-corrected chi connectivity index (χ0v) is 10.3. The maximum absolute atomic E-state index is 8.62. The first-order valence-corrected chi connectivity index (χ1v) is 6.14. The van der Waals surface area contributed by atoms with E-state index < -0.39 is 0 Å². The minimum absolute atomic E-state index is 0.400. The Morgan fingerprint density at radius 1 is 1.53 bits per heavy atom. The third-order valence-electron chi connectivity index (χ3n) is 2.98. The van der Waals surface area contributed by atoms with Gasteiger partial charge in [0.05, 0.1) is 17.6 Å². The fourth-order valence-corrected chi connectivity index (χ4v) is 2.20. The van der Waals surface area contributed by atoms with Crippen LogP contribution in [0.15, 0.2) is 18.3 Å². The van der Waals surface area contributed by atoms with Crippen LogP contribution in [0.2, 0.25) is 5.02 Å². The molecule has 17 heavy (non-hydrogen) atoms. The van der Waals surface area contributed by atoms with Crippen LogP contribution in [0.4, 0.5) is 5.82 Å². The van der Waals surface area contributed by atoms with E-state index in [0.29, 0.717) is 17.6 Å². The zero-order valence-electron chi connectivity index (χ0n) is 9.56. The number of hydrogen-bond acceptors (Lipinski definition) is 4. The van der Waals surface area contributed by atoms with Crippen molar-refractivity contribution in [2.24, 2.45) is 0 Å². The molecule has 1 aromatic rings. The van der Waals surface area contributed by atoms with E-state index in [1.165, 1.54) is 0 Å². The van der Waals surface area contributed by atoms with Gasteiger partial charge in [0.1, 0.15) is 5.82 Å². The highest BCUT2D eigenvalue weighted by Gasteiger charge is 2.19. The average molecular weight is 251 g/mol. The van der Waals surface area contributed by atoms with E-state index in [1.807, 2.05) is 12.1 Å². The number of nitrogens with one attached hydrogen (secondary N) is 1. The molecule has 5 heteroatoms. The highest BCUT2D eigenvalue weighted by Crippen LogP contribution is 2.21. The van der Waals surface area contributed by atoms with Crippen LogP contribution in [0, 0.1) is 11.3 Å². The SMILES string of the molecule is N#CCN1CCC(Nc2ncccc2Cl)CC1. The largest absolute Gasteiger partial charge is 0.366 e. The predicted molar refractivity (Wildman–Crippen MR) is 67.9 cm³/mol. The van der Waals surface area contributed by atoms with Gasteiger partial charge in [-0.25, -0.2) is 4.98 Å². The summed E-state index contributed by atoms with van der Waals surface area (Å²) in [6.07, 6.45) is 3.78. The van der Waals surface area contributed by atoms with Crippen molar-refractivity contribution in [2.75, 3.05) is 25.0 Å². The molecule has 0 aliphatic carbocycles. The average Bonchev–Trinajstić information content (AvgIpc) is 2.35. The molecule has 4 nitrogen and oxygen atoms in total. The van der Waals surface area contributed by atoms with Gasteiger partial charge in [0.15, 0.2) is 0 Å². The van der Waals surface area contributed by atoms with Gasteiger partial charge in [0.25, 0.3) is 0 Å². The van der Waals surface area contributed by atoms with Gasteiger partial charge in [0.2, 0.25) is 0 Å². The molecule has 0 unspecified atom stereocenters. The van der Waals surface area contributed by atoms with E-state index in [0.717, 1.165) is 31.7 Å². The van der Waals surface area contributed by atoms with Gasteiger partial charge in [-0.05, 0) is 25.0 Å². The molecule has 0 bridgehead atoms. The predicted octanol–water partition coefficient (Wildman–Crippen LogP) is 2.13. The molecule has 1 aliphatic rings. The van der Waals surface area contributed by atoms with E-state index in [1.54, 1.807) is 6.20 Å². The molecule has 1 fully saturated rings. The highest BCUT2D eigenvalue weighted by molar-refractivity contribution is 6.32. The van der Waals surface area contributed by atoms with Crippen LogP contribution in [0.3, 0.4) is 0 Å². The van der Waals surface area contributed by atoms with Gasteiger partial charge in [-0.1, -0.05) is 11.6 Å². The van der Waals surface area contributed by atoms with Crippen molar-refractivity contribution in [3.63, 3.8) is 0 Å². The van der Waals surface area contributed by atoms with Crippen LogP contribution in [0.5, 0.6) is 0 Å². The molecule has 0 spiro atoms. The van der Waals surface area contributed by atoms with Crippen molar-refractivity contribution in [1.29, 1.82) is 5.26 Å². The number of aromatic nitrogens is 1. The molecule has 1 aliphatic heterocycles. The first-order valence-electron chi connectivity index (χ1n) is 5.76. The number of anilines is 1. The molecule has 1 aromatic heterocycles. The molecule has 1 saturated heterocycles. The molecular formula is C12H15ClN4. The molecule has 0 aromatic carbocycles. The van der Waals surface area contributed by atoms with Gasteiger partial charge in [-0.15, -0.1) is 0 Å². The van der Waals surface area contributed by atoms with Crippen LogP contribution < -0.4 is 5.32 Å². The van der Waals surface area contributed by atoms with Gasteiger partial charge in [-0.2, -0.15) is 5.26 Å². The minimum Gasteiger partial charge on any atom is -0.366 e. The Hall–Kier alpha value is -1.31. The lowest BCUT2D eigenvalue weighted by Gasteiger charge is -2.31. The van der Waals surface area contributed by atoms with Crippen molar-refractivity contribution in [3.05, 3.63) is 23.4 Å². The molecule has 2 heterocycles. The van der Waals surface area contributed by atoms with Gasteiger partial charge >= 0.3 is 0 Å². The van der Waals surface area contributed by atoms with Crippen molar-refractivity contribution in [1.82, 2.24) is 9.88 Å². The summed E-state index contributed by atoms with van der Waals surface area (Å²) in [5, 5.41) is 12.6. The summed E-state index contributed by atoms with van der Waals surface area (Å²) in [5.41, 5.74) is 0. The maximum atomic E-state index is 8.62. The molecule has 0 amide bonds. The lowest BCUT2D eigenvalue weighted by molar-refractivity contribution is 0.242. The maximum Gasteiger partial charge on any atom is 0.144 e. The Balaban J connectivity index is 1.86. The topological polar surface area (TPSA) is 52.0 Å². The molecule has 0 saturated carbocycles. The monoisotopic (exact) mass is 250 g/mol. The zero-order chi connectivity index (χ0) is 12.1. The van der Waals surface area contributed by atoms with Crippen LogP contribution >= 0.6 is 11.6 Å². The van der Waals surface area contributed by atoms with Crippen LogP contribution in [-0.4, -0.2) is 35.6 Å². The van der Waals surface area contributed by atoms with Crippen molar-refractivity contribution in [2.45, 2.75) is 18.9 Å². The number of nitriles is 1. The number of likely N-dealkylation sites (tertiary alicyclic amines) is 1. The lowest BCUT2D eigenvalue weighted by atomic mass is 10.1. The summed E-state index contributed by atoms with van der Waals surface area (Å²) in [6, 6.07) is 6.24. The minimum atomic E-state index is 0.400. The molecule has 0 radical (unpaired) electrons. The van der Waals surface area contributed by atoms with E-state index >= 15 is 0 Å². The van der Waals surface area contributed by atoms with E-state index in [2.05, 4.69) is 21.3 Å². The molecule has 1 N–H and O–H groups in total.